The van der Waals surface area contributed by atoms with Crippen molar-refractivity contribution in [1.29, 1.82) is 0 Å². The maximum atomic E-state index is 13.5. The summed E-state index contributed by atoms with van der Waals surface area (Å²) in [4.78, 5) is 6.91. The van der Waals surface area contributed by atoms with E-state index in [0.717, 1.165) is 24.4 Å². The van der Waals surface area contributed by atoms with Crippen LogP contribution in [0.15, 0.2) is 41.3 Å². The third kappa shape index (κ3) is 4.28. The van der Waals surface area contributed by atoms with Crippen molar-refractivity contribution < 1.29 is 12.8 Å². The topological polar surface area (TPSA) is 53.5 Å². The van der Waals surface area contributed by atoms with E-state index in [4.69, 9.17) is 0 Å². The van der Waals surface area contributed by atoms with E-state index in [2.05, 4.69) is 9.88 Å². The van der Waals surface area contributed by atoms with E-state index in [1.807, 2.05) is 25.1 Å². The number of rotatable bonds is 4. The number of hydrogen-bond donors (Lipinski definition) is 0. The molecule has 5 nitrogen and oxygen atoms in total. The first-order valence-electron chi connectivity index (χ1n) is 8.77. The Hall–Kier alpha value is -1.83. The fourth-order valence-corrected chi connectivity index (χ4v) is 4.74. The fraction of sp³-hybridized carbons (Fsp3) is 0.421. The average Bonchev–Trinajstić information content (AvgIpc) is 2.83. The Bertz CT molecular complexity index is 886. The quantitative estimate of drug-likeness (QED) is 0.822. The van der Waals surface area contributed by atoms with Crippen LogP contribution in [0.25, 0.3) is 0 Å². The zero-order valence-corrected chi connectivity index (χ0v) is 16.0. The van der Waals surface area contributed by atoms with Gasteiger partial charge in [-0.05, 0) is 62.7 Å². The molecule has 1 fully saturated rings. The zero-order chi connectivity index (χ0) is 18.7. The van der Waals surface area contributed by atoms with Gasteiger partial charge in [0.1, 0.15) is 5.82 Å². The third-order valence-corrected chi connectivity index (χ3v) is 6.54. The highest BCUT2D eigenvalue weighted by Gasteiger charge is 2.27. The number of aryl methyl sites for hydroxylation is 2. The van der Waals surface area contributed by atoms with Crippen molar-refractivity contribution in [2.45, 2.75) is 31.7 Å². The van der Waals surface area contributed by atoms with Crippen LogP contribution in [0.2, 0.25) is 0 Å². The summed E-state index contributed by atoms with van der Waals surface area (Å²) < 4.78 is 40.7. The number of aromatic nitrogens is 1. The van der Waals surface area contributed by atoms with Gasteiger partial charge in [0.2, 0.25) is 10.0 Å². The normalized spacial score (nSPS) is 17.2. The van der Waals surface area contributed by atoms with Crippen LogP contribution in [0.1, 0.15) is 23.4 Å². The second-order valence-corrected chi connectivity index (χ2v) is 8.65. The maximum Gasteiger partial charge on any atom is 0.243 e. The first kappa shape index (κ1) is 18.9. The molecule has 1 aliphatic heterocycles. The highest BCUT2D eigenvalue weighted by molar-refractivity contribution is 7.89. The summed E-state index contributed by atoms with van der Waals surface area (Å²) >= 11 is 0. The molecule has 0 saturated carbocycles. The molecule has 0 spiro atoms. The summed E-state index contributed by atoms with van der Waals surface area (Å²) in [6.45, 7) is 6.61. The van der Waals surface area contributed by atoms with Gasteiger partial charge in [0.05, 0.1) is 10.6 Å². The van der Waals surface area contributed by atoms with Crippen molar-refractivity contribution in [2.75, 3.05) is 26.2 Å². The van der Waals surface area contributed by atoms with Crippen LogP contribution < -0.4 is 0 Å². The monoisotopic (exact) mass is 377 g/mol. The summed E-state index contributed by atoms with van der Waals surface area (Å²) in [7, 11) is -3.60. The standard InChI is InChI=1S/C19H24FN3O2S/c1-15-13-18(7-8-19(15)20)26(24,25)23-10-4-9-22(11-12-23)14-17-6-3-5-16(2)21-17/h3,5-8,13H,4,9-12,14H2,1-2H3. The molecule has 0 N–H and O–H groups in total. The Labute approximate surface area is 154 Å². The number of pyridine rings is 1. The number of sulfonamides is 1. The molecule has 0 unspecified atom stereocenters. The van der Waals surface area contributed by atoms with E-state index in [1.165, 1.54) is 22.5 Å². The molecule has 3 rings (SSSR count). The SMILES string of the molecule is Cc1cccc(CN2CCCN(S(=O)(=O)c3ccc(F)c(C)c3)CC2)n1. The molecule has 140 valence electrons. The second-order valence-electron chi connectivity index (χ2n) is 6.72. The smallest absolute Gasteiger partial charge is 0.243 e. The highest BCUT2D eigenvalue weighted by Crippen LogP contribution is 2.20. The van der Waals surface area contributed by atoms with Gasteiger partial charge < -0.3 is 0 Å². The lowest BCUT2D eigenvalue weighted by atomic mass is 10.2. The van der Waals surface area contributed by atoms with E-state index in [0.29, 0.717) is 31.7 Å². The van der Waals surface area contributed by atoms with Crippen LogP contribution in [-0.4, -0.2) is 48.8 Å². The van der Waals surface area contributed by atoms with Crippen molar-refractivity contribution >= 4 is 10.0 Å². The number of hydrogen-bond acceptors (Lipinski definition) is 4. The molecule has 0 amide bonds. The Morgan fingerprint density at radius 3 is 2.62 bits per heavy atom. The number of nitrogens with zero attached hydrogens (tertiary/aromatic N) is 3. The molecular formula is C19H24FN3O2S. The molecule has 0 bridgehead atoms. The van der Waals surface area contributed by atoms with Crippen LogP contribution in [0.5, 0.6) is 0 Å². The minimum atomic E-state index is -3.60. The van der Waals surface area contributed by atoms with E-state index in [1.54, 1.807) is 6.92 Å². The molecule has 26 heavy (non-hydrogen) atoms. The van der Waals surface area contributed by atoms with Crippen LogP contribution in [0.4, 0.5) is 4.39 Å². The van der Waals surface area contributed by atoms with Crippen molar-refractivity contribution in [3.63, 3.8) is 0 Å². The van der Waals surface area contributed by atoms with Gasteiger partial charge in [-0.25, -0.2) is 12.8 Å². The first-order valence-corrected chi connectivity index (χ1v) is 10.2. The van der Waals surface area contributed by atoms with E-state index in [-0.39, 0.29) is 4.90 Å². The molecule has 1 saturated heterocycles. The Balaban J connectivity index is 1.70. The van der Waals surface area contributed by atoms with Gasteiger partial charge in [0, 0.05) is 31.9 Å². The van der Waals surface area contributed by atoms with Gasteiger partial charge in [-0.3, -0.25) is 9.88 Å². The molecule has 7 heteroatoms. The zero-order valence-electron chi connectivity index (χ0n) is 15.2. The number of halogens is 1. The molecule has 1 aromatic heterocycles. The summed E-state index contributed by atoms with van der Waals surface area (Å²) in [5.41, 5.74) is 2.32. The summed E-state index contributed by atoms with van der Waals surface area (Å²) in [6, 6.07) is 9.92. The van der Waals surface area contributed by atoms with Crippen molar-refractivity contribution in [3.05, 3.63) is 59.2 Å². The molecule has 0 aliphatic carbocycles. The minimum Gasteiger partial charge on any atom is -0.296 e. The Morgan fingerprint density at radius 2 is 1.88 bits per heavy atom. The van der Waals surface area contributed by atoms with Gasteiger partial charge in [-0.1, -0.05) is 6.07 Å². The highest BCUT2D eigenvalue weighted by atomic mass is 32.2. The third-order valence-electron chi connectivity index (χ3n) is 4.65. The van der Waals surface area contributed by atoms with Crippen molar-refractivity contribution in [2.24, 2.45) is 0 Å². The Morgan fingerprint density at radius 1 is 1.08 bits per heavy atom. The van der Waals surface area contributed by atoms with Gasteiger partial charge in [0.25, 0.3) is 0 Å². The summed E-state index contributed by atoms with van der Waals surface area (Å²) in [5.74, 6) is -0.392. The van der Waals surface area contributed by atoms with E-state index >= 15 is 0 Å². The second kappa shape index (κ2) is 7.82. The lowest BCUT2D eigenvalue weighted by molar-refractivity contribution is 0.275. The van der Waals surface area contributed by atoms with E-state index < -0.39 is 15.8 Å². The maximum absolute atomic E-state index is 13.5. The predicted octanol–water partition coefficient (Wildman–Crippen LogP) is 2.73. The van der Waals surface area contributed by atoms with Gasteiger partial charge in [-0.15, -0.1) is 0 Å². The predicted molar refractivity (Wildman–Crippen MR) is 98.8 cm³/mol. The minimum absolute atomic E-state index is 0.158. The van der Waals surface area contributed by atoms with Crippen molar-refractivity contribution in [1.82, 2.24) is 14.2 Å². The molecule has 0 radical (unpaired) electrons. The van der Waals surface area contributed by atoms with Crippen LogP contribution >= 0.6 is 0 Å². The van der Waals surface area contributed by atoms with Crippen LogP contribution in [0.3, 0.4) is 0 Å². The first-order chi connectivity index (χ1) is 12.4. The van der Waals surface area contributed by atoms with Gasteiger partial charge in [-0.2, -0.15) is 4.31 Å². The molecule has 1 aliphatic rings. The molecule has 2 heterocycles. The van der Waals surface area contributed by atoms with Gasteiger partial charge >= 0.3 is 0 Å². The number of benzene rings is 1. The average molecular weight is 377 g/mol. The summed E-state index contributed by atoms with van der Waals surface area (Å²) in [6.07, 6.45) is 0.755. The Kier molecular flexibility index (Phi) is 5.70. The lowest BCUT2D eigenvalue weighted by Crippen LogP contribution is -2.35. The van der Waals surface area contributed by atoms with Crippen LogP contribution in [0, 0.1) is 19.7 Å². The van der Waals surface area contributed by atoms with E-state index in [9.17, 15) is 12.8 Å². The molecule has 1 aromatic carbocycles. The van der Waals surface area contributed by atoms with Crippen molar-refractivity contribution in [3.8, 4) is 0 Å². The lowest BCUT2D eigenvalue weighted by Gasteiger charge is -2.22. The fourth-order valence-electron chi connectivity index (χ4n) is 3.19. The van der Waals surface area contributed by atoms with Gasteiger partial charge in [0.15, 0.2) is 0 Å². The molecule has 2 aromatic rings. The largest absolute Gasteiger partial charge is 0.296 e. The van der Waals surface area contributed by atoms with Crippen LogP contribution in [-0.2, 0) is 16.6 Å². The molecular weight excluding hydrogens is 353 g/mol. The summed E-state index contributed by atoms with van der Waals surface area (Å²) in [5, 5.41) is 0. The molecule has 0 atom stereocenters.